The number of H-pyrrole nitrogens is 1. The van der Waals surface area contributed by atoms with Gasteiger partial charge in [0.2, 0.25) is 0 Å². The Balaban J connectivity index is 0.000000453. The van der Waals surface area contributed by atoms with E-state index in [0.29, 0.717) is 22.8 Å². The number of hydrogen-bond donors (Lipinski definition) is 2. The molecule has 86 valence electrons. The number of nitrogens with zero attached hydrogens (tertiary/aromatic N) is 1. The number of nitrogens with one attached hydrogen (secondary N) is 2. The van der Waals surface area contributed by atoms with Crippen LogP contribution in [0.5, 0.6) is 0 Å². The maximum absolute atomic E-state index is 6.33. The Labute approximate surface area is 123 Å². The van der Waals surface area contributed by atoms with Crippen LogP contribution in [0, 0.1) is 4.64 Å². The van der Waals surface area contributed by atoms with E-state index < -0.39 is 0 Å². The largest absolute Gasteiger partial charge is 2.00 e. The number of aromatic nitrogens is 2. The molecule has 4 nitrogen and oxygen atoms in total. The molecular weight excluding hydrogens is 306 g/mol. The molecule has 2 aromatic rings. The van der Waals surface area contributed by atoms with Gasteiger partial charge in [0.1, 0.15) is 4.64 Å². The summed E-state index contributed by atoms with van der Waals surface area (Å²) in [6.45, 7) is 0.833. The molecule has 0 saturated carbocycles. The molecule has 0 aliphatic rings. The second-order valence-electron chi connectivity index (χ2n) is 2.93. The van der Waals surface area contributed by atoms with Crippen molar-refractivity contribution in [1.82, 2.24) is 9.97 Å². The van der Waals surface area contributed by atoms with E-state index in [-0.39, 0.29) is 19.5 Å². The standard InChI is InChI=1S/C8H6N2S2.C2H7N2.Zn/c11-7-8(12)10-6-4-2-1-3-5(6)9-7;3-1-2-4;/h1-4H,(H,9,11)(H,10,12);3H,1-2,4H2;/q;-1;+2/p-1. The average Bonchev–Trinajstić information content (AvgIpc) is 2.31. The first-order valence-corrected chi connectivity index (χ1v) is 5.51. The van der Waals surface area contributed by atoms with Crippen molar-refractivity contribution >= 4 is 35.9 Å². The van der Waals surface area contributed by atoms with Crippen LogP contribution in [0.1, 0.15) is 0 Å². The number of benzene rings is 1. The van der Waals surface area contributed by atoms with Gasteiger partial charge in [-0.05, 0) is 23.7 Å². The summed E-state index contributed by atoms with van der Waals surface area (Å²) in [4.78, 5) is 7.16. The summed E-state index contributed by atoms with van der Waals surface area (Å²) < 4.78 is 0.531. The first-order chi connectivity index (χ1) is 7.69. The summed E-state index contributed by atoms with van der Waals surface area (Å²) in [6, 6.07) is 7.67. The molecule has 0 aliphatic heterocycles. The van der Waals surface area contributed by atoms with Gasteiger partial charge in [-0.3, -0.25) is 4.98 Å². The molecule has 0 bridgehead atoms. The average molecular weight is 318 g/mol. The minimum atomic E-state index is 0. The normalized spacial score (nSPS) is 9.06. The Kier molecular flexibility index (Phi) is 8.38. The molecule has 4 N–H and O–H groups in total. The fraction of sp³-hybridized carbons (Fsp3) is 0.200. The van der Waals surface area contributed by atoms with Gasteiger partial charge in [-0.25, -0.2) is 0 Å². The van der Waals surface area contributed by atoms with Gasteiger partial charge in [-0.2, -0.15) is 0 Å². The van der Waals surface area contributed by atoms with Gasteiger partial charge < -0.3 is 29.1 Å². The first-order valence-electron chi connectivity index (χ1n) is 4.69. The molecule has 2 rings (SSSR count). The molecule has 0 aliphatic carbocycles. The number of rotatable bonds is 1. The van der Waals surface area contributed by atoms with Gasteiger partial charge in [-0.15, -0.1) is 6.54 Å². The molecule has 0 atom stereocenters. The van der Waals surface area contributed by atoms with Crippen molar-refractivity contribution in [2.45, 2.75) is 5.03 Å². The Morgan fingerprint density at radius 1 is 1.41 bits per heavy atom. The van der Waals surface area contributed by atoms with E-state index in [2.05, 4.69) is 9.97 Å². The van der Waals surface area contributed by atoms with Crippen molar-refractivity contribution in [3.63, 3.8) is 0 Å². The van der Waals surface area contributed by atoms with Gasteiger partial charge >= 0.3 is 19.5 Å². The molecule has 1 aromatic heterocycles. The second kappa shape index (κ2) is 8.61. The van der Waals surface area contributed by atoms with E-state index in [1.54, 1.807) is 0 Å². The third-order valence-corrected chi connectivity index (χ3v) is 2.43. The monoisotopic (exact) mass is 316 g/mol. The zero-order chi connectivity index (χ0) is 12.0. The van der Waals surface area contributed by atoms with E-state index in [1.807, 2.05) is 24.3 Å². The van der Waals surface area contributed by atoms with Gasteiger partial charge in [0.25, 0.3) is 0 Å². The van der Waals surface area contributed by atoms with Crippen molar-refractivity contribution in [2.75, 3.05) is 13.1 Å². The van der Waals surface area contributed by atoms with Gasteiger partial charge in [-0.1, -0.05) is 24.4 Å². The van der Waals surface area contributed by atoms with Gasteiger partial charge in [0.05, 0.1) is 11.0 Å². The Hall–Kier alpha value is -0.457. The van der Waals surface area contributed by atoms with E-state index in [4.69, 9.17) is 36.3 Å². The van der Waals surface area contributed by atoms with E-state index in [0.717, 1.165) is 11.0 Å². The predicted octanol–water partition coefficient (Wildman–Crippen LogP) is 2.19. The summed E-state index contributed by atoms with van der Waals surface area (Å²) in [5.41, 5.74) is 13.0. The topological polar surface area (TPSA) is 78.5 Å². The Morgan fingerprint density at radius 2 is 2.00 bits per heavy atom. The molecule has 17 heavy (non-hydrogen) atoms. The summed E-state index contributed by atoms with van der Waals surface area (Å²) >= 11 is 9.89. The van der Waals surface area contributed by atoms with Gasteiger partial charge in [0, 0.05) is 0 Å². The molecule has 0 saturated heterocycles. The molecule has 1 aromatic carbocycles. The van der Waals surface area contributed by atoms with Crippen LogP contribution in [0.25, 0.3) is 16.8 Å². The summed E-state index contributed by atoms with van der Waals surface area (Å²) in [5.74, 6) is 0. The number of hydrogen-bond acceptors (Lipinski definition) is 4. The first kappa shape index (κ1) is 16.5. The van der Waals surface area contributed by atoms with E-state index >= 15 is 0 Å². The molecular formula is C10H12N4S2Zn. The fourth-order valence-corrected chi connectivity index (χ4v) is 1.32. The third kappa shape index (κ3) is 5.14. The molecule has 7 heteroatoms. The minimum absolute atomic E-state index is 0. The molecule has 0 fully saturated rings. The van der Waals surface area contributed by atoms with Crippen molar-refractivity contribution in [3.05, 3.63) is 34.6 Å². The van der Waals surface area contributed by atoms with Crippen LogP contribution in [0.3, 0.4) is 0 Å². The molecule has 0 spiro atoms. The molecule has 0 unspecified atom stereocenters. The van der Waals surface area contributed by atoms with Crippen LogP contribution in [0.2, 0.25) is 0 Å². The molecule has 0 radical (unpaired) electrons. The quantitative estimate of drug-likeness (QED) is 0.480. The summed E-state index contributed by atoms with van der Waals surface area (Å²) in [7, 11) is 0. The predicted molar refractivity (Wildman–Crippen MR) is 70.8 cm³/mol. The number of fused-ring (bicyclic) bond motifs is 1. The Morgan fingerprint density at radius 3 is 2.59 bits per heavy atom. The third-order valence-electron chi connectivity index (χ3n) is 1.71. The van der Waals surface area contributed by atoms with Crippen LogP contribution in [-0.4, -0.2) is 23.1 Å². The zero-order valence-electron chi connectivity index (χ0n) is 9.27. The zero-order valence-corrected chi connectivity index (χ0v) is 13.9. The van der Waals surface area contributed by atoms with Crippen LogP contribution in [0.4, 0.5) is 0 Å². The second-order valence-corrected chi connectivity index (χ2v) is 3.72. The van der Waals surface area contributed by atoms with Crippen molar-refractivity contribution in [2.24, 2.45) is 5.73 Å². The number of aromatic amines is 1. The Bertz CT molecular complexity index is 513. The van der Waals surface area contributed by atoms with Crippen molar-refractivity contribution in [1.29, 1.82) is 0 Å². The number of para-hydroxylation sites is 2. The van der Waals surface area contributed by atoms with Crippen LogP contribution in [0.15, 0.2) is 29.3 Å². The SMILES string of the molecule is S=c1[nH]c2ccccc2nc1[S-].[NH-]CCN.[Zn+2]. The van der Waals surface area contributed by atoms with E-state index in [9.17, 15) is 0 Å². The maximum atomic E-state index is 6.33. The number of nitrogens with two attached hydrogens (primary N) is 1. The van der Waals surface area contributed by atoms with Crippen molar-refractivity contribution < 1.29 is 19.5 Å². The molecule has 1 heterocycles. The molecule has 0 amide bonds. The van der Waals surface area contributed by atoms with E-state index in [1.165, 1.54) is 0 Å². The van der Waals surface area contributed by atoms with Crippen molar-refractivity contribution in [3.8, 4) is 0 Å². The maximum Gasteiger partial charge on any atom is 2.00 e. The van der Waals surface area contributed by atoms with Crippen LogP contribution in [-0.2, 0) is 32.1 Å². The van der Waals surface area contributed by atoms with Gasteiger partial charge in [0.15, 0.2) is 0 Å². The van der Waals surface area contributed by atoms with Crippen LogP contribution >= 0.6 is 12.2 Å². The minimum Gasteiger partial charge on any atom is -0.757 e. The summed E-state index contributed by atoms with van der Waals surface area (Å²) in [5, 5.41) is 0.462. The smallest absolute Gasteiger partial charge is 0.757 e. The van der Waals surface area contributed by atoms with Crippen LogP contribution < -0.4 is 5.73 Å². The summed E-state index contributed by atoms with van der Waals surface area (Å²) in [6.07, 6.45) is 0. The fourth-order valence-electron chi connectivity index (χ4n) is 1.01.